The van der Waals surface area contributed by atoms with E-state index < -0.39 is 0 Å². The minimum Gasteiger partial charge on any atom is -0.454 e. The Morgan fingerprint density at radius 3 is 2.63 bits per heavy atom. The predicted molar refractivity (Wildman–Crippen MR) is 129 cm³/mol. The van der Waals surface area contributed by atoms with Crippen LogP contribution < -0.4 is 14.4 Å². The van der Waals surface area contributed by atoms with Crippen LogP contribution in [0.2, 0.25) is 0 Å². The highest BCUT2D eigenvalue weighted by Crippen LogP contribution is 2.34. The van der Waals surface area contributed by atoms with Crippen molar-refractivity contribution in [2.24, 2.45) is 0 Å². The van der Waals surface area contributed by atoms with E-state index in [1.807, 2.05) is 41.3 Å². The van der Waals surface area contributed by atoms with Gasteiger partial charge in [-0.25, -0.2) is 4.98 Å². The van der Waals surface area contributed by atoms with Gasteiger partial charge in [-0.2, -0.15) is 4.98 Å². The van der Waals surface area contributed by atoms with Crippen LogP contribution in [0.15, 0.2) is 47.1 Å². The Balaban J connectivity index is 1.03. The van der Waals surface area contributed by atoms with E-state index in [1.165, 1.54) is 12.8 Å². The van der Waals surface area contributed by atoms with Crippen molar-refractivity contribution in [2.45, 2.75) is 31.6 Å². The first-order valence-corrected chi connectivity index (χ1v) is 12.1. The first-order valence-electron chi connectivity index (χ1n) is 12.1. The van der Waals surface area contributed by atoms with Crippen LogP contribution in [-0.2, 0) is 4.79 Å². The summed E-state index contributed by atoms with van der Waals surface area (Å²) in [5.41, 5.74) is 1.76. The van der Waals surface area contributed by atoms with E-state index in [0.717, 1.165) is 54.5 Å². The number of amides is 1. The van der Waals surface area contributed by atoms with Gasteiger partial charge in [-0.3, -0.25) is 4.79 Å². The quantitative estimate of drug-likeness (QED) is 0.516. The molecule has 9 heteroatoms. The topological polar surface area (TPSA) is 93.8 Å². The molecule has 3 aromatic rings. The Labute approximate surface area is 203 Å². The van der Waals surface area contributed by atoms with Crippen LogP contribution in [0.25, 0.3) is 17.5 Å². The maximum absolute atomic E-state index is 12.7. The monoisotopic (exact) mass is 473 g/mol. The molecule has 0 unspecified atom stereocenters. The molecule has 0 N–H and O–H groups in total. The SMILES string of the molecule is O=C(/C=C\c1ccc2c(c1)OCO2)N1CCN(c2ccc(-c3noc(C4CCCC4)n3)cn2)CC1. The average Bonchev–Trinajstić information content (AvgIpc) is 3.68. The number of ether oxygens (including phenoxy) is 2. The van der Waals surface area contributed by atoms with E-state index in [-0.39, 0.29) is 12.7 Å². The lowest BCUT2D eigenvalue weighted by Crippen LogP contribution is -2.48. The fourth-order valence-electron chi connectivity index (χ4n) is 4.84. The molecule has 2 aliphatic heterocycles. The summed E-state index contributed by atoms with van der Waals surface area (Å²) in [6.07, 6.45) is 9.94. The van der Waals surface area contributed by atoms with E-state index in [0.29, 0.717) is 30.6 Å². The fourth-order valence-corrected chi connectivity index (χ4v) is 4.84. The van der Waals surface area contributed by atoms with Gasteiger partial charge in [0, 0.05) is 49.9 Å². The molecule has 1 aliphatic carbocycles. The lowest BCUT2D eigenvalue weighted by Gasteiger charge is -2.35. The average molecular weight is 474 g/mol. The molecular weight excluding hydrogens is 446 g/mol. The summed E-state index contributed by atoms with van der Waals surface area (Å²) in [6, 6.07) is 9.62. The van der Waals surface area contributed by atoms with Crippen molar-refractivity contribution in [2.75, 3.05) is 37.9 Å². The third-order valence-electron chi connectivity index (χ3n) is 6.88. The first kappa shape index (κ1) is 21.6. The van der Waals surface area contributed by atoms with Crippen LogP contribution >= 0.6 is 0 Å². The normalized spacial score (nSPS) is 18.1. The first-order chi connectivity index (χ1) is 17.2. The zero-order chi connectivity index (χ0) is 23.6. The molecule has 0 bridgehead atoms. The largest absolute Gasteiger partial charge is 0.454 e. The van der Waals surface area contributed by atoms with Gasteiger partial charge in [-0.05, 0) is 48.7 Å². The van der Waals surface area contributed by atoms with Crippen molar-refractivity contribution in [1.29, 1.82) is 0 Å². The van der Waals surface area contributed by atoms with Crippen LogP contribution in [0.3, 0.4) is 0 Å². The van der Waals surface area contributed by atoms with Crippen molar-refractivity contribution in [3.05, 3.63) is 54.1 Å². The number of benzene rings is 1. The second kappa shape index (κ2) is 9.40. The van der Waals surface area contributed by atoms with Gasteiger partial charge in [-0.15, -0.1) is 0 Å². The second-order valence-corrected chi connectivity index (χ2v) is 9.10. The van der Waals surface area contributed by atoms with Gasteiger partial charge < -0.3 is 23.8 Å². The van der Waals surface area contributed by atoms with E-state index in [1.54, 1.807) is 12.3 Å². The van der Waals surface area contributed by atoms with E-state index in [2.05, 4.69) is 20.0 Å². The molecule has 3 aliphatic rings. The van der Waals surface area contributed by atoms with Crippen molar-refractivity contribution in [3.63, 3.8) is 0 Å². The van der Waals surface area contributed by atoms with Crippen LogP contribution in [0.5, 0.6) is 11.5 Å². The summed E-state index contributed by atoms with van der Waals surface area (Å²) in [6.45, 7) is 2.97. The highest BCUT2D eigenvalue weighted by molar-refractivity contribution is 5.92. The zero-order valence-electron chi connectivity index (χ0n) is 19.4. The van der Waals surface area contributed by atoms with Crippen molar-refractivity contribution in [3.8, 4) is 22.9 Å². The number of aromatic nitrogens is 3. The number of anilines is 1. The van der Waals surface area contributed by atoms with E-state index in [9.17, 15) is 4.79 Å². The minimum atomic E-state index is 0.000738. The number of hydrogen-bond acceptors (Lipinski definition) is 8. The third kappa shape index (κ3) is 4.58. The predicted octanol–water partition coefficient (Wildman–Crippen LogP) is 3.88. The summed E-state index contributed by atoms with van der Waals surface area (Å²) < 4.78 is 16.2. The molecule has 0 radical (unpaired) electrons. The molecule has 9 nitrogen and oxygen atoms in total. The van der Waals surface area contributed by atoms with Crippen molar-refractivity contribution < 1.29 is 18.8 Å². The maximum Gasteiger partial charge on any atom is 0.246 e. The Morgan fingerprint density at radius 2 is 1.83 bits per heavy atom. The number of nitrogens with zero attached hydrogens (tertiary/aromatic N) is 5. The van der Waals surface area contributed by atoms with Crippen molar-refractivity contribution in [1.82, 2.24) is 20.0 Å². The zero-order valence-corrected chi connectivity index (χ0v) is 19.4. The summed E-state index contributed by atoms with van der Waals surface area (Å²) in [5.74, 6) is 4.06. The third-order valence-corrected chi connectivity index (χ3v) is 6.88. The number of pyridine rings is 1. The molecular formula is C26H27N5O4. The molecule has 180 valence electrons. The smallest absolute Gasteiger partial charge is 0.246 e. The summed E-state index contributed by atoms with van der Waals surface area (Å²) in [4.78, 5) is 25.9. The van der Waals surface area contributed by atoms with Gasteiger partial charge in [0.25, 0.3) is 0 Å². The molecule has 0 atom stereocenters. The lowest BCUT2D eigenvalue weighted by atomic mass is 10.1. The number of fused-ring (bicyclic) bond motifs is 1. The molecule has 6 rings (SSSR count). The van der Waals surface area contributed by atoms with Gasteiger partial charge >= 0.3 is 0 Å². The molecule has 1 amide bonds. The second-order valence-electron chi connectivity index (χ2n) is 9.10. The highest BCUT2D eigenvalue weighted by Gasteiger charge is 2.24. The number of rotatable bonds is 5. The van der Waals surface area contributed by atoms with Gasteiger partial charge in [0.2, 0.25) is 24.4 Å². The molecule has 4 heterocycles. The molecule has 1 saturated carbocycles. The lowest BCUT2D eigenvalue weighted by molar-refractivity contribution is -0.126. The van der Waals surface area contributed by atoms with Gasteiger partial charge in [0.05, 0.1) is 0 Å². The van der Waals surface area contributed by atoms with Gasteiger partial charge in [0.1, 0.15) is 5.82 Å². The van der Waals surface area contributed by atoms with Crippen LogP contribution in [0, 0.1) is 0 Å². The van der Waals surface area contributed by atoms with Crippen molar-refractivity contribution >= 4 is 17.8 Å². The fraction of sp³-hybridized carbons (Fsp3) is 0.385. The van der Waals surface area contributed by atoms with E-state index in [4.69, 9.17) is 14.0 Å². The number of carbonyl (C=O) groups is 1. The van der Waals surface area contributed by atoms with Crippen LogP contribution in [0.1, 0.15) is 43.1 Å². The number of piperazine rings is 1. The Kier molecular flexibility index (Phi) is 5.81. The van der Waals surface area contributed by atoms with Crippen LogP contribution in [0.4, 0.5) is 5.82 Å². The molecule has 0 spiro atoms. The number of carbonyl (C=O) groups excluding carboxylic acids is 1. The molecule has 2 fully saturated rings. The molecule has 2 aromatic heterocycles. The maximum atomic E-state index is 12.7. The molecule has 35 heavy (non-hydrogen) atoms. The Hall–Kier alpha value is -3.88. The highest BCUT2D eigenvalue weighted by atomic mass is 16.7. The number of hydrogen-bond donors (Lipinski definition) is 0. The Morgan fingerprint density at radius 1 is 1.00 bits per heavy atom. The summed E-state index contributed by atoms with van der Waals surface area (Å²) in [5, 5.41) is 4.16. The van der Waals surface area contributed by atoms with Gasteiger partial charge in [0.15, 0.2) is 11.5 Å². The summed E-state index contributed by atoms with van der Waals surface area (Å²) in [7, 11) is 0. The van der Waals surface area contributed by atoms with Crippen LogP contribution in [-0.4, -0.2) is 58.9 Å². The van der Waals surface area contributed by atoms with Gasteiger partial charge in [-0.1, -0.05) is 24.1 Å². The summed E-state index contributed by atoms with van der Waals surface area (Å²) >= 11 is 0. The van der Waals surface area contributed by atoms with E-state index >= 15 is 0 Å². The standard InChI is InChI=1S/C26H27N5O4/c32-24(10-6-18-5-8-21-22(15-18)34-17-33-21)31-13-11-30(12-14-31)23-9-7-20(16-27-23)25-28-26(35-29-25)19-3-1-2-4-19/h5-10,15-16,19H,1-4,11-14,17H2/b10-6-. The molecule has 1 aromatic carbocycles. The Bertz CT molecular complexity index is 1220. The molecule has 1 saturated heterocycles. The minimum absolute atomic E-state index is 0.000738.